The molecule has 21 heavy (non-hydrogen) atoms. The maximum atomic E-state index is 12.1. The number of hydrogen-bond acceptors (Lipinski definition) is 3. The number of carbonyl (C=O) groups is 1. The smallest absolute Gasteiger partial charge is 0.399 e. The van der Waals surface area contributed by atoms with Crippen molar-refractivity contribution >= 4 is 18.5 Å². The van der Waals surface area contributed by atoms with E-state index in [1.807, 2.05) is 59.9 Å². The number of fused-ring (bicyclic) bond motifs is 1. The Morgan fingerprint density at radius 1 is 1.14 bits per heavy atom. The first kappa shape index (κ1) is 14.6. The quantitative estimate of drug-likeness (QED) is 0.743. The highest BCUT2D eigenvalue weighted by Crippen LogP contribution is 2.37. The molecule has 1 atom stereocenters. The molecule has 1 aromatic rings. The molecule has 1 saturated heterocycles. The van der Waals surface area contributed by atoms with Crippen LogP contribution < -0.4 is 5.46 Å². The SMILES string of the molecule is CC1c2cc(B3OC(C)(C)C(C)(C)O3)ccc2C(=O)N1C. The zero-order valence-corrected chi connectivity index (χ0v) is 13.6. The lowest BCUT2D eigenvalue weighted by molar-refractivity contribution is 0.00578. The van der Waals surface area contributed by atoms with Crippen molar-refractivity contribution in [1.82, 2.24) is 4.90 Å². The number of benzene rings is 1. The molecule has 3 rings (SSSR count). The van der Waals surface area contributed by atoms with E-state index in [0.717, 1.165) is 16.6 Å². The van der Waals surface area contributed by atoms with Crippen LogP contribution in [-0.2, 0) is 9.31 Å². The third-order valence-corrected chi connectivity index (χ3v) is 5.18. The monoisotopic (exact) mass is 287 g/mol. The Balaban J connectivity index is 1.96. The van der Waals surface area contributed by atoms with E-state index in [2.05, 4.69) is 0 Å². The topological polar surface area (TPSA) is 38.8 Å². The first-order chi connectivity index (χ1) is 9.64. The summed E-state index contributed by atoms with van der Waals surface area (Å²) in [5, 5.41) is 0. The average molecular weight is 287 g/mol. The summed E-state index contributed by atoms with van der Waals surface area (Å²) in [4.78, 5) is 13.9. The second-order valence-corrected chi connectivity index (χ2v) is 7.03. The maximum absolute atomic E-state index is 12.1. The third-order valence-electron chi connectivity index (χ3n) is 5.18. The summed E-state index contributed by atoms with van der Waals surface area (Å²) in [5.41, 5.74) is 2.10. The Hall–Kier alpha value is -1.33. The molecule has 0 radical (unpaired) electrons. The van der Waals surface area contributed by atoms with Crippen molar-refractivity contribution in [3.63, 3.8) is 0 Å². The molecule has 1 fully saturated rings. The summed E-state index contributed by atoms with van der Waals surface area (Å²) in [5.74, 6) is 0.0815. The summed E-state index contributed by atoms with van der Waals surface area (Å²) in [6, 6.07) is 5.96. The van der Waals surface area contributed by atoms with Crippen LogP contribution in [0.25, 0.3) is 0 Å². The fourth-order valence-electron chi connectivity index (χ4n) is 2.82. The zero-order chi connectivity index (χ0) is 15.6. The third kappa shape index (κ3) is 2.02. The number of rotatable bonds is 1. The highest BCUT2D eigenvalue weighted by atomic mass is 16.7. The Morgan fingerprint density at radius 2 is 1.71 bits per heavy atom. The largest absolute Gasteiger partial charge is 0.494 e. The van der Waals surface area contributed by atoms with E-state index >= 15 is 0 Å². The molecular formula is C16H22BNO3. The lowest BCUT2D eigenvalue weighted by atomic mass is 9.77. The number of amides is 1. The van der Waals surface area contributed by atoms with E-state index in [1.165, 1.54) is 0 Å². The highest BCUT2D eigenvalue weighted by Gasteiger charge is 2.52. The van der Waals surface area contributed by atoms with Gasteiger partial charge in [-0.1, -0.05) is 12.1 Å². The van der Waals surface area contributed by atoms with Crippen LogP contribution in [0.3, 0.4) is 0 Å². The fraction of sp³-hybridized carbons (Fsp3) is 0.562. The van der Waals surface area contributed by atoms with Crippen molar-refractivity contribution in [1.29, 1.82) is 0 Å². The van der Waals surface area contributed by atoms with E-state index < -0.39 is 0 Å². The van der Waals surface area contributed by atoms with Crippen molar-refractivity contribution < 1.29 is 14.1 Å². The Labute approximate surface area is 126 Å². The van der Waals surface area contributed by atoms with Gasteiger partial charge in [-0.15, -0.1) is 0 Å². The summed E-state index contributed by atoms with van der Waals surface area (Å²) >= 11 is 0. The molecule has 0 bridgehead atoms. The van der Waals surface area contributed by atoms with E-state index in [0.29, 0.717) is 0 Å². The number of hydrogen-bond donors (Lipinski definition) is 0. The van der Waals surface area contributed by atoms with Crippen LogP contribution in [0.15, 0.2) is 18.2 Å². The molecule has 0 saturated carbocycles. The van der Waals surface area contributed by atoms with Gasteiger partial charge in [0.25, 0.3) is 5.91 Å². The molecule has 0 aliphatic carbocycles. The Morgan fingerprint density at radius 3 is 2.29 bits per heavy atom. The minimum absolute atomic E-state index is 0.0815. The maximum Gasteiger partial charge on any atom is 0.494 e. The van der Waals surface area contributed by atoms with Crippen LogP contribution in [0, 0.1) is 0 Å². The number of nitrogens with zero attached hydrogens (tertiary/aromatic N) is 1. The fourth-order valence-corrected chi connectivity index (χ4v) is 2.82. The molecule has 1 amide bonds. The second kappa shape index (κ2) is 4.34. The van der Waals surface area contributed by atoms with E-state index in [4.69, 9.17) is 9.31 Å². The average Bonchev–Trinajstić information content (AvgIpc) is 2.75. The summed E-state index contributed by atoms with van der Waals surface area (Å²) in [6.07, 6.45) is 0. The predicted octanol–water partition coefficient (Wildman–Crippen LogP) is 2.13. The molecule has 2 heterocycles. The lowest BCUT2D eigenvalue weighted by Crippen LogP contribution is -2.41. The first-order valence-corrected chi connectivity index (χ1v) is 7.41. The molecular weight excluding hydrogens is 265 g/mol. The predicted molar refractivity (Wildman–Crippen MR) is 82.7 cm³/mol. The van der Waals surface area contributed by atoms with Crippen LogP contribution in [0.5, 0.6) is 0 Å². The molecule has 1 unspecified atom stereocenters. The van der Waals surface area contributed by atoms with Crippen molar-refractivity contribution in [2.45, 2.75) is 51.9 Å². The van der Waals surface area contributed by atoms with E-state index in [1.54, 1.807) is 4.90 Å². The van der Waals surface area contributed by atoms with Gasteiger partial charge in [-0.25, -0.2) is 0 Å². The summed E-state index contributed by atoms with van der Waals surface area (Å²) in [7, 11) is 1.45. The molecule has 1 aromatic carbocycles. The molecule has 0 spiro atoms. The summed E-state index contributed by atoms with van der Waals surface area (Å²) in [6.45, 7) is 10.2. The number of carbonyl (C=O) groups excluding carboxylic acids is 1. The van der Waals surface area contributed by atoms with Crippen molar-refractivity contribution in [3.05, 3.63) is 29.3 Å². The minimum atomic E-state index is -0.381. The van der Waals surface area contributed by atoms with Gasteiger partial charge in [0.2, 0.25) is 0 Å². The van der Waals surface area contributed by atoms with Gasteiger partial charge in [-0.05, 0) is 51.7 Å². The van der Waals surface area contributed by atoms with Crippen molar-refractivity contribution in [2.75, 3.05) is 7.05 Å². The summed E-state index contributed by atoms with van der Waals surface area (Å²) < 4.78 is 12.2. The second-order valence-electron chi connectivity index (χ2n) is 7.03. The Kier molecular flexibility index (Phi) is 3.02. The van der Waals surface area contributed by atoms with Crippen LogP contribution in [0.1, 0.15) is 56.6 Å². The van der Waals surface area contributed by atoms with Crippen LogP contribution in [0.2, 0.25) is 0 Å². The lowest BCUT2D eigenvalue weighted by Gasteiger charge is -2.32. The van der Waals surface area contributed by atoms with Gasteiger partial charge in [0.05, 0.1) is 17.2 Å². The van der Waals surface area contributed by atoms with E-state index in [9.17, 15) is 4.79 Å². The van der Waals surface area contributed by atoms with Crippen LogP contribution in [-0.4, -0.2) is 36.2 Å². The van der Waals surface area contributed by atoms with Crippen LogP contribution >= 0.6 is 0 Å². The standard InChI is InChI=1S/C16H22BNO3/c1-10-13-9-11(7-8-12(13)14(19)18(10)6)17-20-15(2,3)16(4,5)21-17/h7-10H,1-6H3. The van der Waals surface area contributed by atoms with Gasteiger partial charge in [0, 0.05) is 12.6 Å². The van der Waals surface area contributed by atoms with Gasteiger partial charge < -0.3 is 14.2 Å². The zero-order valence-electron chi connectivity index (χ0n) is 13.6. The highest BCUT2D eigenvalue weighted by molar-refractivity contribution is 6.62. The van der Waals surface area contributed by atoms with E-state index in [-0.39, 0.29) is 30.3 Å². The first-order valence-electron chi connectivity index (χ1n) is 7.41. The van der Waals surface area contributed by atoms with Gasteiger partial charge in [0.1, 0.15) is 0 Å². The van der Waals surface area contributed by atoms with Gasteiger partial charge in [-0.2, -0.15) is 0 Å². The molecule has 0 N–H and O–H groups in total. The molecule has 2 aliphatic rings. The van der Waals surface area contributed by atoms with Crippen molar-refractivity contribution in [3.8, 4) is 0 Å². The molecule has 2 aliphatic heterocycles. The molecule has 112 valence electrons. The van der Waals surface area contributed by atoms with Gasteiger partial charge >= 0.3 is 7.12 Å². The molecule has 4 nitrogen and oxygen atoms in total. The van der Waals surface area contributed by atoms with Crippen molar-refractivity contribution in [2.24, 2.45) is 0 Å². The van der Waals surface area contributed by atoms with Gasteiger partial charge in [-0.3, -0.25) is 4.79 Å². The Bertz CT molecular complexity index is 596. The minimum Gasteiger partial charge on any atom is -0.399 e. The molecule has 5 heteroatoms. The van der Waals surface area contributed by atoms with Crippen LogP contribution in [0.4, 0.5) is 0 Å². The molecule has 0 aromatic heterocycles. The normalized spacial score (nSPS) is 26.4. The van der Waals surface area contributed by atoms with Gasteiger partial charge in [0.15, 0.2) is 0 Å².